The number of amides is 1. The standard InChI is InChI=1S/C60H117NO5/c1-3-5-7-9-11-13-15-17-19-21-23-24-26-27-29-31-33-36-40-44-48-52-58(63)57(56-62)61-59(64)53-49-45-41-37-35-39-43-47-51-55-66-60(65)54-50-46-42-38-34-32-30-28-25-22-20-18-16-14-12-10-8-6-4-2/h48,52,57-58,62-63H,3-47,49-51,53-56H2,1-2H3,(H,61,64)/b52-48+. The van der Waals surface area contributed by atoms with E-state index in [2.05, 4.69) is 19.2 Å². The van der Waals surface area contributed by atoms with Gasteiger partial charge in [0.2, 0.25) is 5.91 Å². The summed E-state index contributed by atoms with van der Waals surface area (Å²) in [6.07, 6.45) is 66.7. The van der Waals surface area contributed by atoms with Gasteiger partial charge in [-0.25, -0.2) is 0 Å². The molecule has 0 aliphatic carbocycles. The van der Waals surface area contributed by atoms with E-state index in [-0.39, 0.29) is 18.5 Å². The second-order valence-corrected chi connectivity index (χ2v) is 20.7. The first-order valence-electron chi connectivity index (χ1n) is 30.0. The molecule has 6 heteroatoms. The van der Waals surface area contributed by atoms with Gasteiger partial charge < -0.3 is 20.3 Å². The molecule has 0 bridgehead atoms. The van der Waals surface area contributed by atoms with Gasteiger partial charge in [-0.2, -0.15) is 0 Å². The number of carbonyl (C=O) groups is 2. The average molecular weight is 933 g/mol. The Morgan fingerprint density at radius 3 is 1.03 bits per heavy atom. The predicted molar refractivity (Wildman–Crippen MR) is 287 cm³/mol. The highest BCUT2D eigenvalue weighted by Crippen LogP contribution is 2.18. The molecule has 0 spiro atoms. The Kier molecular flexibility index (Phi) is 55.0. The molecule has 66 heavy (non-hydrogen) atoms. The van der Waals surface area contributed by atoms with Gasteiger partial charge in [-0.3, -0.25) is 9.59 Å². The summed E-state index contributed by atoms with van der Waals surface area (Å²) in [6, 6.07) is -0.648. The molecule has 1 amide bonds. The molecule has 0 aromatic carbocycles. The van der Waals surface area contributed by atoms with Crippen molar-refractivity contribution >= 4 is 11.9 Å². The van der Waals surface area contributed by atoms with Crippen molar-refractivity contribution in [1.82, 2.24) is 5.32 Å². The molecule has 6 nitrogen and oxygen atoms in total. The third-order valence-electron chi connectivity index (χ3n) is 14.1. The van der Waals surface area contributed by atoms with Crippen LogP contribution in [-0.4, -0.2) is 47.4 Å². The van der Waals surface area contributed by atoms with Crippen molar-refractivity contribution in [3.63, 3.8) is 0 Å². The third kappa shape index (κ3) is 52.0. The Morgan fingerprint density at radius 1 is 0.409 bits per heavy atom. The highest BCUT2D eigenvalue weighted by atomic mass is 16.5. The SMILES string of the molecule is CCCCCCCCCCCCCCCCCCCCC/C=C/C(O)C(CO)NC(=O)CCCCCCCCCCCOC(=O)CCCCCCCCCCCCCCCCCCCCC. The summed E-state index contributed by atoms with van der Waals surface area (Å²) in [4.78, 5) is 24.6. The monoisotopic (exact) mass is 932 g/mol. The number of hydrogen-bond donors (Lipinski definition) is 3. The highest BCUT2D eigenvalue weighted by Gasteiger charge is 2.18. The lowest BCUT2D eigenvalue weighted by atomic mass is 10.0. The molecule has 0 aromatic rings. The molecule has 0 saturated carbocycles. The predicted octanol–water partition coefficient (Wildman–Crippen LogP) is 18.5. The van der Waals surface area contributed by atoms with Crippen LogP contribution in [0.15, 0.2) is 12.2 Å². The molecule has 3 N–H and O–H groups in total. The number of esters is 1. The van der Waals surface area contributed by atoms with E-state index >= 15 is 0 Å². The van der Waals surface area contributed by atoms with Crippen LogP contribution in [0.5, 0.6) is 0 Å². The Balaban J connectivity index is 3.48. The Bertz CT molecular complexity index is 986. The smallest absolute Gasteiger partial charge is 0.305 e. The van der Waals surface area contributed by atoms with E-state index in [0.29, 0.717) is 19.4 Å². The number of carbonyl (C=O) groups excluding carboxylic acids is 2. The zero-order chi connectivity index (χ0) is 47.9. The first-order valence-corrected chi connectivity index (χ1v) is 30.0. The van der Waals surface area contributed by atoms with Crippen molar-refractivity contribution < 1.29 is 24.5 Å². The van der Waals surface area contributed by atoms with E-state index in [4.69, 9.17) is 4.74 Å². The van der Waals surface area contributed by atoms with Crippen molar-refractivity contribution in [2.45, 2.75) is 347 Å². The van der Waals surface area contributed by atoms with Gasteiger partial charge in [-0.15, -0.1) is 0 Å². The fourth-order valence-electron chi connectivity index (χ4n) is 9.46. The van der Waals surface area contributed by atoms with Crippen LogP contribution < -0.4 is 5.32 Å². The minimum absolute atomic E-state index is 0.0214. The van der Waals surface area contributed by atoms with Crippen LogP contribution in [-0.2, 0) is 14.3 Å². The molecular weight excluding hydrogens is 815 g/mol. The Morgan fingerprint density at radius 2 is 0.697 bits per heavy atom. The van der Waals surface area contributed by atoms with Crippen molar-refractivity contribution in [2.24, 2.45) is 0 Å². The molecule has 0 rings (SSSR count). The van der Waals surface area contributed by atoms with Gasteiger partial charge in [-0.1, -0.05) is 302 Å². The van der Waals surface area contributed by atoms with E-state index < -0.39 is 12.1 Å². The minimum Gasteiger partial charge on any atom is -0.466 e. The number of rotatable bonds is 56. The van der Waals surface area contributed by atoms with Gasteiger partial charge in [0.25, 0.3) is 0 Å². The van der Waals surface area contributed by atoms with Crippen LogP contribution in [0.4, 0.5) is 0 Å². The zero-order valence-corrected chi connectivity index (χ0v) is 44.7. The zero-order valence-electron chi connectivity index (χ0n) is 44.7. The summed E-state index contributed by atoms with van der Waals surface area (Å²) in [7, 11) is 0. The normalized spacial score (nSPS) is 12.6. The Hall–Kier alpha value is -1.40. The van der Waals surface area contributed by atoms with E-state index in [0.717, 1.165) is 57.8 Å². The average Bonchev–Trinajstić information content (AvgIpc) is 3.32. The first-order chi connectivity index (χ1) is 32.5. The number of ether oxygens (including phenoxy) is 1. The number of unbranched alkanes of at least 4 members (excludes halogenated alkanes) is 45. The van der Waals surface area contributed by atoms with Crippen LogP contribution in [0.3, 0.4) is 0 Å². The van der Waals surface area contributed by atoms with Crippen molar-refractivity contribution in [2.75, 3.05) is 13.2 Å². The molecular formula is C60H117NO5. The minimum atomic E-state index is -0.862. The van der Waals surface area contributed by atoms with Gasteiger partial charge in [0.1, 0.15) is 0 Å². The maximum atomic E-state index is 12.5. The van der Waals surface area contributed by atoms with Crippen molar-refractivity contribution in [3.05, 3.63) is 12.2 Å². The van der Waals surface area contributed by atoms with Gasteiger partial charge in [0.05, 0.1) is 25.4 Å². The number of hydrogen-bond acceptors (Lipinski definition) is 5. The van der Waals surface area contributed by atoms with E-state index in [1.165, 1.54) is 250 Å². The molecule has 0 heterocycles. The maximum Gasteiger partial charge on any atom is 0.305 e. The summed E-state index contributed by atoms with van der Waals surface area (Å²) >= 11 is 0. The fourth-order valence-corrected chi connectivity index (χ4v) is 9.46. The van der Waals surface area contributed by atoms with Gasteiger partial charge in [0.15, 0.2) is 0 Å². The summed E-state index contributed by atoms with van der Waals surface area (Å²) in [5, 5.41) is 23.2. The van der Waals surface area contributed by atoms with Gasteiger partial charge in [-0.05, 0) is 32.1 Å². The molecule has 2 atom stereocenters. The van der Waals surface area contributed by atoms with E-state index in [9.17, 15) is 19.8 Å². The topological polar surface area (TPSA) is 95.9 Å². The van der Waals surface area contributed by atoms with E-state index in [1.807, 2.05) is 6.08 Å². The third-order valence-corrected chi connectivity index (χ3v) is 14.1. The van der Waals surface area contributed by atoms with Crippen LogP contribution in [0.1, 0.15) is 335 Å². The largest absolute Gasteiger partial charge is 0.466 e. The Labute approximate surface area is 412 Å². The lowest BCUT2D eigenvalue weighted by Crippen LogP contribution is -2.45. The first kappa shape index (κ1) is 64.6. The molecule has 0 aromatic heterocycles. The number of nitrogens with one attached hydrogen (secondary N) is 1. The van der Waals surface area contributed by atoms with Crippen molar-refractivity contribution in [1.29, 1.82) is 0 Å². The lowest BCUT2D eigenvalue weighted by Gasteiger charge is -2.20. The highest BCUT2D eigenvalue weighted by molar-refractivity contribution is 5.76. The van der Waals surface area contributed by atoms with E-state index in [1.54, 1.807) is 6.08 Å². The molecule has 0 radical (unpaired) electrons. The molecule has 0 saturated heterocycles. The maximum absolute atomic E-state index is 12.5. The van der Waals surface area contributed by atoms with Crippen molar-refractivity contribution in [3.8, 4) is 0 Å². The second-order valence-electron chi connectivity index (χ2n) is 20.7. The van der Waals surface area contributed by atoms with Gasteiger partial charge in [0, 0.05) is 12.8 Å². The summed E-state index contributed by atoms with van der Waals surface area (Å²) in [5.74, 6) is -0.113. The molecule has 0 aliphatic heterocycles. The molecule has 392 valence electrons. The summed E-state index contributed by atoms with van der Waals surface area (Å²) in [5.41, 5.74) is 0. The lowest BCUT2D eigenvalue weighted by molar-refractivity contribution is -0.143. The number of aliphatic hydroxyl groups excluding tert-OH is 2. The van der Waals surface area contributed by atoms with Crippen LogP contribution in [0, 0.1) is 0 Å². The molecule has 2 unspecified atom stereocenters. The number of aliphatic hydroxyl groups is 2. The quantitative estimate of drug-likeness (QED) is 0.0321. The fraction of sp³-hybridized carbons (Fsp3) is 0.933. The van der Waals surface area contributed by atoms with Crippen LogP contribution >= 0.6 is 0 Å². The van der Waals surface area contributed by atoms with Gasteiger partial charge >= 0.3 is 5.97 Å². The summed E-state index contributed by atoms with van der Waals surface area (Å²) < 4.78 is 5.48. The summed E-state index contributed by atoms with van der Waals surface area (Å²) in [6.45, 7) is 4.87. The second kappa shape index (κ2) is 56.2. The molecule has 0 fully saturated rings. The number of allylic oxidation sites excluding steroid dienone is 1. The molecule has 0 aliphatic rings. The van der Waals surface area contributed by atoms with Crippen LogP contribution in [0.25, 0.3) is 0 Å². The van der Waals surface area contributed by atoms with Crippen LogP contribution in [0.2, 0.25) is 0 Å².